The van der Waals surface area contributed by atoms with Crippen molar-refractivity contribution >= 4 is 27.1 Å². The Balaban J connectivity index is 1.94. The lowest BCUT2D eigenvalue weighted by Gasteiger charge is -2.28. The summed E-state index contributed by atoms with van der Waals surface area (Å²) in [6.45, 7) is 0.385. The van der Waals surface area contributed by atoms with Crippen LogP contribution in [0.15, 0.2) is 35.7 Å². The molecule has 1 aliphatic rings. The number of nitrogens with zero attached hydrogens (tertiary/aromatic N) is 1. The van der Waals surface area contributed by atoms with Gasteiger partial charge in [0.05, 0.1) is 32.3 Å². The van der Waals surface area contributed by atoms with E-state index in [0.29, 0.717) is 30.0 Å². The number of hydrogen-bond acceptors (Lipinski definition) is 6. The monoisotopic (exact) mass is 395 g/mol. The van der Waals surface area contributed by atoms with Crippen LogP contribution in [0.4, 0.5) is 0 Å². The van der Waals surface area contributed by atoms with Crippen LogP contribution in [0, 0.1) is 0 Å². The van der Waals surface area contributed by atoms with Gasteiger partial charge in [-0.25, -0.2) is 8.42 Å². The van der Waals surface area contributed by atoms with E-state index in [4.69, 9.17) is 9.47 Å². The predicted octanol–water partition coefficient (Wildman–Crippen LogP) is 2.59. The average Bonchev–Trinajstić information content (AvgIpc) is 3.27. The van der Waals surface area contributed by atoms with Gasteiger partial charge in [-0.05, 0) is 30.0 Å². The highest BCUT2D eigenvalue weighted by Crippen LogP contribution is 2.27. The Morgan fingerprint density at radius 1 is 1.23 bits per heavy atom. The molecule has 2 heterocycles. The second-order valence-electron chi connectivity index (χ2n) is 6.17. The third-order valence-electron chi connectivity index (χ3n) is 4.41. The second-order valence-corrected chi connectivity index (χ2v) is 9.43. The number of methoxy groups -OCH3 is 2. The second kappa shape index (κ2) is 7.67. The maximum Gasteiger partial charge on any atom is 0.254 e. The van der Waals surface area contributed by atoms with Gasteiger partial charge in [-0.2, -0.15) is 0 Å². The Hall–Kier alpha value is -2.06. The molecule has 6 nitrogen and oxygen atoms in total. The van der Waals surface area contributed by atoms with Crippen LogP contribution < -0.4 is 9.47 Å². The molecule has 0 N–H and O–H groups in total. The van der Waals surface area contributed by atoms with Crippen LogP contribution in [0.25, 0.3) is 0 Å². The first kappa shape index (κ1) is 18.7. The van der Waals surface area contributed by atoms with Crippen LogP contribution in [0.2, 0.25) is 0 Å². The largest absolute Gasteiger partial charge is 0.497 e. The van der Waals surface area contributed by atoms with Gasteiger partial charge >= 0.3 is 0 Å². The van der Waals surface area contributed by atoms with Crippen molar-refractivity contribution in [1.29, 1.82) is 0 Å². The third-order valence-corrected chi connectivity index (χ3v) is 7.03. The minimum atomic E-state index is -3.10. The fraction of sp³-hybridized carbons (Fsp3) is 0.389. The number of hydrogen-bond donors (Lipinski definition) is 0. The third kappa shape index (κ3) is 4.19. The average molecular weight is 396 g/mol. The number of rotatable bonds is 6. The van der Waals surface area contributed by atoms with Crippen molar-refractivity contribution in [1.82, 2.24) is 4.90 Å². The standard InChI is InChI=1S/C18H21NO5S2/c1-23-15-8-13(9-16(10-15)24-2)18(20)19(11-17-4-3-6-25-17)14-5-7-26(21,22)12-14/h3-4,6,8-10,14H,5,7,11-12H2,1-2H3/t14-/m0/s1. The quantitative estimate of drug-likeness (QED) is 0.752. The summed E-state index contributed by atoms with van der Waals surface area (Å²) in [4.78, 5) is 15.9. The molecule has 140 valence electrons. The zero-order valence-electron chi connectivity index (χ0n) is 14.7. The molecule has 1 atom stereocenters. The highest BCUT2D eigenvalue weighted by Gasteiger charge is 2.35. The maximum absolute atomic E-state index is 13.2. The summed E-state index contributed by atoms with van der Waals surface area (Å²) < 4.78 is 34.4. The molecule has 0 radical (unpaired) electrons. The van der Waals surface area contributed by atoms with Crippen LogP contribution in [-0.4, -0.2) is 51.0 Å². The van der Waals surface area contributed by atoms with E-state index >= 15 is 0 Å². The number of carbonyl (C=O) groups is 1. The summed E-state index contributed by atoms with van der Waals surface area (Å²) in [6, 6.07) is 8.53. The smallest absolute Gasteiger partial charge is 0.254 e. The fourth-order valence-corrected chi connectivity index (χ4v) is 5.49. The van der Waals surface area contributed by atoms with Crippen LogP contribution in [0.3, 0.4) is 0 Å². The molecule has 1 aromatic heterocycles. The van der Waals surface area contributed by atoms with Crippen molar-refractivity contribution in [2.24, 2.45) is 0 Å². The summed E-state index contributed by atoms with van der Waals surface area (Å²) in [7, 11) is -0.0530. The van der Waals surface area contributed by atoms with Gasteiger partial charge in [0.1, 0.15) is 11.5 Å². The first-order valence-corrected chi connectivity index (χ1v) is 10.9. The molecule has 0 saturated carbocycles. The predicted molar refractivity (Wildman–Crippen MR) is 101 cm³/mol. The van der Waals surface area contributed by atoms with E-state index in [1.165, 1.54) is 14.2 Å². The molecular formula is C18H21NO5S2. The molecule has 1 amide bonds. The van der Waals surface area contributed by atoms with Gasteiger partial charge in [0.25, 0.3) is 5.91 Å². The molecule has 0 aliphatic carbocycles. The van der Waals surface area contributed by atoms with Crippen LogP contribution in [0.5, 0.6) is 11.5 Å². The lowest BCUT2D eigenvalue weighted by molar-refractivity contribution is 0.0682. The Labute approximate surface area is 157 Å². The number of benzene rings is 1. The molecule has 3 rings (SSSR count). The van der Waals surface area contributed by atoms with Crippen LogP contribution >= 0.6 is 11.3 Å². The van der Waals surface area contributed by atoms with E-state index < -0.39 is 9.84 Å². The first-order valence-electron chi connectivity index (χ1n) is 8.18. The van der Waals surface area contributed by atoms with E-state index in [0.717, 1.165) is 4.88 Å². The minimum Gasteiger partial charge on any atom is -0.497 e. The summed E-state index contributed by atoms with van der Waals surface area (Å²) in [6.07, 6.45) is 0.459. The van der Waals surface area contributed by atoms with Gasteiger partial charge in [0.2, 0.25) is 0 Å². The van der Waals surface area contributed by atoms with Crippen molar-refractivity contribution in [3.63, 3.8) is 0 Å². The summed E-state index contributed by atoms with van der Waals surface area (Å²) in [5.41, 5.74) is 0.419. The van der Waals surface area contributed by atoms with Gasteiger partial charge in [-0.1, -0.05) is 6.07 Å². The van der Waals surface area contributed by atoms with Crippen LogP contribution in [-0.2, 0) is 16.4 Å². The number of amides is 1. The maximum atomic E-state index is 13.2. The van der Waals surface area contributed by atoms with Crippen molar-refractivity contribution in [2.45, 2.75) is 19.0 Å². The molecule has 2 aromatic rings. The Kier molecular flexibility index (Phi) is 5.52. The first-order chi connectivity index (χ1) is 12.4. The summed E-state index contributed by atoms with van der Waals surface area (Å²) >= 11 is 1.55. The van der Waals surface area contributed by atoms with Gasteiger partial charge in [-0.3, -0.25) is 4.79 Å². The van der Waals surface area contributed by atoms with Crippen molar-refractivity contribution in [3.8, 4) is 11.5 Å². The fourth-order valence-electron chi connectivity index (χ4n) is 3.06. The highest BCUT2D eigenvalue weighted by atomic mass is 32.2. The van der Waals surface area contributed by atoms with E-state index in [1.54, 1.807) is 34.4 Å². The molecule has 8 heteroatoms. The van der Waals surface area contributed by atoms with Crippen molar-refractivity contribution < 1.29 is 22.7 Å². The summed E-state index contributed by atoms with van der Waals surface area (Å²) in [5, 5.41) is 1.94. The van der Waals surface area contributed by atoms with Gasteiger partial charge in [-0.15, -0.1) is 11.3 Å². The molecule has 0 unspecified atom stereocenters. The van der Waals surface area contributed by atoms with E-state index in [-0.39, 0.29) is 23.5 Å². The topological polar surface area (TPSA) is 72.9 Å². The van der Waals surface area contributed by atoms with E-state index in [1.807, 2.05) is 17.5 Å². The molecule has 0 spiro atoms. The van der Waals surface area contributed by atoms with Crippen molar-refractivity contribution in [3.05, 3.63) is 46.2 Å². The van der Waals surface area contributed by atoms with E-state index in [9.17, 15) is 13.2 Å². The Morgan fingerprint density at radius 2 is 1.92 bits per heavy atom. The SMILES string of the molecule is COc1cc(OC)cc(C(=O)N(Cc2cccs2)[C@H]2CCS(=O)(=O)C2)c1. The molecule has 1 saturated heterocycles. The number of ether oxygens (including phenoxy) is 2. The minimum absolute atomic E-state index is 0.00518. The van der Waals surface area contributed by atoms with E-state index in [2.05, 4.69) is 0 Å². The lowest BCUT2D eigenvalue weighted by atomic mass is 10.1. The molecule has 0 bridgehead atoms. The molecule has 26 heavy (non-hydrogen) atoms. The van der Waals surface area contributed by atoms with Gasteiger partial charge < -0.3 is 14.4 Å². The molecule has 1 aromatic carbocycles. The number of carbonyl (C=O) groups excluding carboxylic acids is 1. The zero-order chi connectivity index (χ0) is 18.7. The normalized spacial score (nSPS) is 18.5. The lowest BCUT2D eigenvalue weighted by Crippen LogP contribution is -2.40. The highest BCUT2D eigenvalue weighted by molar-refractivity contribution is 7.91. The Bertz CT molecular complexity index is 855. The zero-order valence-corrected chi connectivity index (χ0v) is 16.3. The van der Waals surface area contributed by atoms with Gasteiger partial charge in [0.15, 0.2) is 9.84 Å². The molecule has 1 aliphatic heterocycles. The number of sulfone groups is 1. The molecular weight excluding hydrogens is 374 g/mol. The van der Waals surface area contributed by atoms with Crippen LogP contribution in [0.1, 0.15) is 21.7 Å². The van der Waals surface area contributed by atoms with Gasteiger partial charge in [0, 0.05) is 22.5 Å². The summed E-state index contributed by atoms with van der Waals surface area (Å²) in [5.74, 6) is 0.932. The number of thiophene rings is 1. The Morgan fingerprint density at radius 3 is 2.42 bits per heavy atom. The van der Waals surface area contributed by atoms with Crippen molar-refractivity contribution in [2.75, 3.05) is 25.7 Å². The molecule has 1 fully saturated rings.